The lowest BCUT2D eigenvalue weighted by atomic mass is 10.1. The van der Waals surface area contributed by atoms with Gasteiger partial charge in [0.25, 0.3) is 5.91 Å². The molecular weight excluding hydrogens is 364 g/mol. The summed E-state index contributed by atoms with van der Waals surface area (Å²) in [7, 11) is 0. The number of nitrogens with zero attached hydrogens (tertiary/aromatic N) is 5. The predicted octanol–water partition coefficient (Wildman–Crippen LogP) is 3.59. The van der Waals surface area contributed by atoms with Gasteiger partial charge in [-0.3, -0.25) is 4.79 Å². The largest absolute Gasteiger partial charge is 0.307 e. The van der Waals surface area contributed by atoms with Crippen molar-refractivity contribution in [3.63, 3.8) is 0 Å². The lowest BCUT2D eigenvalue weighted by Gasteiger charge is -2.31. The maximum Gasteiger partial charge on any atom is 0.256 e. The van der Waals surface area contributed by atoms with E-state index in [9.17, 15) is 4.79 Å². The number of benzene rings is 1. The first kappa shape index (κ1) is 19.4. The summed E-state index contributed by atoms with van der Waals surface area (Å²) in [6.45, 7) is 9.39. The molecule has 152 valence electrons. The van der Waals surface area contributed by atoms with Gasteiger partial charge in [0.1, 0.15) is 5.82 Å². The van der Waals surface area contributed by atoms with Gasteiger partial charge < -0.3 is 10.2 Å². The van der Waals surface area contributed by atoms with Crippen molar-refractivity contribution < 1.29 is 4.79 Å². The molecule has 0 spiro atoms. The van der Waals surface area contributed by atoms with Crippen LogP contribution in [-0.2, 0) is 0 Å². The normalized spacial score (nSPS) is 15.6. The average Bonchev–Trinajstić information content (AvgIpc) is 3.33. The van der Waals surface area contributed by atoms with E-state index in [2.05, 4.69) is 27.3 Å². The van der Waals surface area contributed by atoms with E-state index in [4.69, 9.17) is 0 Å². The quantitative estimate of drug-likeness (QED) is 0.720. The number of rotatable bonds is 5. The highest BCUT2D eigenvalue weighted by molar-refractivity contribution is 6.04. The van der Waals surface area contributed by atoms with E-state index in [-0.39, 0.29) is 5.91 Å². The van der Waals surface area contributed by atoms with Crippen molar-refractivity contribution >= 4 is 11.7 Å². The molecule has 1 aromatic carbocycles. The standard InChI is InChI=1S/C22H28N6O/c1-4-26-12-9-19(10-13-26)28-21(8-11-23-28)24-22(29)18-6-5-7-20(15-18)27-17(3)14-16(2)25-27/h5-8,11,14-15,19H,4,9-10,12-13H2,1-3H3,(H,24,29). The molecule has 29 heavy (non-hydrogen) atoms. The van der Waals surface area contributed by atoms with Crippen LogP contribution in [0.4, 0.5) is 5.82 Å². The van der Waals surface area contributed by atoms with Crippen LogP contribution in [-0.4, -0.2) is 50.0 Å². The van der Waals surface area contributed by atoms with Crippen LogP contribution < -0.4 is 5.32 Å². The molecule has 7 heteroatoms. The number of nitrogens with one attached hydrogen (secondary N) is 1. The van der Waals surface area contributed by atoms with Crippen LogP contribution in [0.2, 0.25) is 0 Å². The van der Waals surface area contributed by atoms with Gasteiger partial charge in [-0.15, -0.1) is 0 Å². The molecule has 1 aliphatic heterocycles. The number of carbonyl (C=O) groups is 1. The third-order valence-corrected chi connectivity index (χ3v) is 5.62. The summed E-state index contributed by atoms with van der Waals surface area (Å²) in [5.41, 5.74) is 3.47. The van der Waals surface area contributed by atoms with Crippen LogP contribution in [0.5, 0.6) is 0 Å². The number of hydrogen-bond donors (Lipinski definition) is 1. The Bertz CT molecular complexity index is 996. The molecule has 1 amide bonds. The third kappa shape index (κ3) is 4.10. The predicted molar refractivity (Wildman–Crippen MR) is 114 cm³/mol. The van der Waals surface area contributed by atoms with Crippen LogP contribution in [0.25, 0.3) is 5.69 Å². The van der Waals surface area contributed by atoms with E-state index in [0.29, 0.717) is 11.6 Å². The minimum atomic E-state index is -0.138. The molecular formula is C22H28N6O. The fraction of sp³-hybridized carbons (Fsp3) is 0.409. The molecule has 0 atom stereocenters. The molecule has 1 saturated heterocycles. The summed E-state index contributed by atoms with van der Waals surface area (Å²) < 4.78 is 3.83. The van der Waals surface area contributed by atoms with Gasteiger partial charge in [0, 0.05) is 30.4 Å². The number of aromatic nitrogens is 4. The number of aryl methyl sites for hydroxylation is 2. The second kappa shape index (κ2) is 8.21. The van der Waals surface area contributed by atoms with E-state index in [0.717, 1.165) is 55.4 Å². The Morgan fingerprint density at radius 1 is 1.17 bits per heavy atom. The Morgan fingerprint density at radius 3 is 2.66 bits per heavy atom. The van der Waals surface area contributed by atoms with E-state index in [1.165, 1.54) is 0 Å². The number of anilines is 1. The van der Waals surface area contributed by atoms with Crippen LogP contribution >= 0.6 is 0 Å². The van der Waals surface area contributed by atoms with Gasteiger partial charge in [0.2, 0.25) is 0 Å². The molecule has 3 heterocycles. The van der Waals surface area contributed by atoms with Crippen molar-refractivity contribution in [1.82, 2.24) is 24.5 Å². The van der Waals surface area contributed by atoms with Gasteiger partial charge in [-0.25, -0.2) is 9.36 Å². The molecule has 1 fully saturated rings. The average molecular weight is 393 g/mol. The summed E-state index contributed by atoms with van der Waals surface area (Å²) >= 11 is 0. The summed E-state index contributed by atoms with van der Waals surface area (Å²) in [6, 6.07) is 11.8. The minimum absolute atomic E-state index is 0.138. The van der Waals surface area contributed by atoms with Gasteiger partial charge in [0.05, 0.1) is 23.6 Å². The molecule has 0 aliphatic carbocycles. The van der Waals surface area contributed by atoms with Crippen molar-refractivity contribution in [2.45, 2.75) is 39.7 Å². The second-order valence-corrected chi connectivity index (χ2v) is 7.67. The highest BCUT2D eigenvalue weighted by Crippen LogP contribution is 2.25. The summed E-state index contributed by atoms with van der Waals surface area (Å²) in [5.74, 6) is 0.614. The topological polar surface area (TPSA) is 68.0 Å². The Labute approximate surface area is 171 Å². The summed E-state index contributed by atoms with van der Waals surface area (Å²) in [6.07, 6.45) is 3.85. The fourth-order valence-electron chi connectivity index (χ4n) is 4.04. The Balaban J connectivity index is 1.50. The molecule has 3 aromatic rings. The van der Waals surface area contributed by atoms with Crippen LogP contribution in [0.1, 0.15) is 47.6 Å². The fourth-order valence-corrected chi connectivity index (χ4v) is 4.04. The van der Waals surface area contributed by atoms with Gasteiger partial charge in [-0.1, -0.05) is 13.0 Å². The number of hydrogen-bond acceptors (Lipinski definition) is 4. The maximum atomic E-state index is 12.9. The Morgan fingerprint density at radius 2 is 1.97 bits per heavy atom. The van der Waals surface area contributed by atoms with Crippen molar-refractivity contribution in [1.29, 1.82) is 0 Å². The molecule has 7 nitrogen and oxygen atoms in total. The van der Waals surface area contributed by atoms with Gasteiger partial charge in [0.15, 0.2) is 0 Å². The van der Waals surface area contributed by atoms with Crippen LogP contribution in [0, 0.1) is 13.8 Å². The highest BCUT2D eigenvalue weighted by Gasteiger charge is 2.22. The van der Waals surface area contributed by atoms with E-state index in [1.807, 2.05) is 59.6 Å². The van der Waals surface area contributed by atoms with Gasteiger partial charge in [-0.05, 0) is 57.5 Å². The molecule has 0 saturated carbocycles. The number of amides is 1. The van der Waals surface area contributed by atoms with Crippen LogP contribution in [0.3, 0.4) is 0 Å². The number of carbonyl (C=O) groups excluding carboxylic acids is 1. The SMILES string of the molecule is CCN1CCC(n2nccc2NC(=O)c2cccc(-n3nc(C)cc3C)c2)CC1. The van der Waals surface area contributed by atoms with Gasteiger partial charge in [-0.2, -0.15) is 10.2 Å². The van der Waals surface area contributed by atoms with Crippen molar-refractivity contribution in [3.05, 3.63) is 59.5 Å². The second-order valence-electron chi connectivity index (χ2n) is 7.67. The van der Waals surface area contributed by atoms with Gasteiger partial charge >= 0.3 is 0 Å². The van der Waals surface area contributed by atoms with E-state index < -0.39 is 0 Å². The van der Waals surface area contributed by atoms with Crippen molar-refractivity contribution in [3.8, 4) is 5.69 Å². The molecule has 1 aliphatic rings. The molecule has 0 bridgehead atoms. The first-order valence-electron chi connectivity index (χ1n) is 10.3. The minimum Gasteiger partial charge on any atom is -0.307 e. The monoisotopic (exact) mass is 392 g/mol. The maximum absolute atomic E-state index is 12.9. The van der Waals surface area contributed by atoms with Crippen molar-refractivity contribution in [2.75, 3.05) is 25.0 Å². The lowest BCUT2D eigenvalue weighted by Crippen LogP contribution is -2.35. The van der Waals surface area contributed by atoms with Crippen molar-refractivity contribution in [2.24, 2.45) is 0 Å². The zero-order chi connectivity index (χ0) is 20.4. The first-order valence-corrected chi connectivity index (χ1v) is 10.3. The first-order chi connectivity index (χ1) is 14.0. The smallest absolute Gasteiger partial charge is 0.256 e. The molecule has 2 aromatic heterocycles. The zero-order valence-electron chi connectivity index (χ0n) is 17.3. The summed E-state index contributed by atoms with van der Waals surface area (Å²) in [4.78, 5) is 15.4. The Kier molecular flexibility index (Phi) is 5.49. The highest BCUT2D eigenvalue weighted by atomic mass is 16.1. The van der Waals surface area contributed by atoms with E-state index in [1.54, 1.807) is 6.20 Å². The number of likely N-dealkylation sites (tertiary alicyclic amines) is 1. The molecule has 0 radical (unpaired) electrons. The molecule has 0 unspecified atom stereocenters. The third-order valence-electron chi connectivity index (χ3n) is 5.62. The molecule has 1 N–H and O–H groups in total. The lowest BCUT2D eigenvalue weighted by molar-refractivity contribution is 0.102. The van der Waals surface area contributed by atoms with E-state index >= 15 is 0 Å². The number of piperidine rings is 1. The van der Waals surface area contributed by atoms with Crippen LogP contribution in [0.15, 0.2) is 42.6 Å². The Hall–Kier alpha value is -2.93. The molecule has 4 rings (SSSR count). The zero-order valence-corrected chi connectivity index (χ0v) is 17.3. The summed E-state index contributed by atoms with van der Waals surface area (Å²) in [5, 5.41) is 12.0.